The van der Waals surface area contributed by atoms with Gasteiger partial charge in [0, 0.05) is 42.9 Å². The maximum atomic E-state index is 13.2. The van der Waals surface area contributed by atoms with Gasteiger partial charge >= 0.3 is 0 Å². The molecular formula is C21H38N2O2. The Bertz CT molecular complexity index is 481. The number of carbonyl (C=O) groups is 2. The van der Waals surface area contributed by atoms with Gasteiger partial charge in [-0.2, -0.15) is 0 Å². The Hall–Kier alpha value is -0.900. The van der Waals surface area contributed by atoms with Crippen molar-refractivity contribution in [1.29, 1.82) is 0 Å². The van der Waals surface area contributed by atoms with Crippen molar-refractivity contribution >= 4 is 11.7 Å². The molecule has 0 aromatic heterocycles. The number of likely N-dealkylation sites (N-methyl/N-ethyl adjacent to an activating group) is 1. The van der Waals surface area contributed by atoms with E-state index < -0.39 is 0 Å². The number of likely N-dealkylation sites (tertiary alicyclic amines) is 1. The summed E-state index contributed by atoms with van der Waals surface area (Å²) in [6, 6.07) is 0.996. The number of Topliss-reactive ketones (excluding diaryl/α,β-unsaturated/α-hetero) is 1. The van der Waals surface area contributed by atoms with Crippen LogP contribution in [0, 0.1) is 17.3 Å². The second-order valence-electron chi connectivity index (χ2n) is 9.46. The number of carbonyl (C=O) groups excluding carboxylic acids is 2. The highest BCUT2D eigenvalue weighted by molar-refractivity contribution is 5.91. The molecule has 1 aliphatic carbocycles. The zero-order valence-corrected chi connectivity index (χ0v) is 17.2. The van der Waals surface area contributed by atoms with Gasteiger partial charge < -0.3 is 4.90 Å². The summed E-state index contributed by atoms with van der Waals surface area (Å²) in [5.74, 6) is 0.259. The highest BCUT2D eigenvalue weighted by atomic mass is 16.2. The molecule has 3 atom stereocenters. The summed E-state index contributed by atoms with van der Waals surface area (Å²) in [5, 5.41) is 0. The molecule has 1 amide bonds. The Kier molecular flexibility index (Phi) is 6.69. The van der Waals surface area contributed by atoms with E-state index >= 15 is 0 Å². The van der Waals surface area contributed by atoms with Crippen LogP contribution in [0.15, 0.2) is 0 Å². The minimum absolute atomic E-state index is 0.0894. The van der Waals surface area contributed by atoms with Crippen LogP contribution < -0.4 is 0 Å². The van der Waals surface area contributed by atoms with Gasteiger partial charge in [0.1, 0.15) is 5.78 Å². The average molecular weight is 351 g/mol. The van der Waals surface area contributed by atoms with Crippen molar-refractivity contribution < 1.29 is 9.59 Å². The molecule has 0 aromatic carbocycles. The molecule has 4 heteroatoms. The number of hydrogen-bond donors (Lipinski definition) is 0. The van der Waals surface area contributed by atoms with Crippen molar-refractivity contribution in [3.05, 3.63) is 0 Å². The molecule has 0 aromatic rings. The van der Waals surface area contributed by atoms with Gasteiger partial charge in [-0.3, -0.25) is 14.5 Å². The lowest BCUT2D eigenvalue weighted by atomic mass is 9.70. The van der Waals surface area contributed by atoms with Gasteiger partial charge in [0.25, 0.3) is 0 Å². The Labute approximate surface area is 154 Å². The molecule has 2 fully saturated rings. The molecule has 25 heavy (non-hydrogen) atoms. The van der Waals surface area contributed by atoms with Crippen LogP contribution >= 0.6 is 0 Å². The third-order valence-electron chi connectivity index (χ3n) is 6.11. The summed E-state index contributed by atoms with van der Waals surface area (Å²) in [6.45, 7) is 12.3. The first-order chi connectivity index (χ1) is 11.6. The smallest absolute Gasteiger partial charge is 0.226 e. The van der Waals surface area contributed by atoms with Gasteiger partial charge in [-0.25, -0.2) is 0 Å². The average Bonchev–Trinajstić information content (AvgIpc) is 3.00. The van der Waals surface area contributed by atoms with Crippen LogP contribution in [0.4, 0.5) is 0 Å². The summed E-state index contributed by atoms with van der Waals surface area (Å²) in [7, 11) is 1.94. The maximum Gasteiger partial charge on any atom is 0.226 e. The van der Waals surface area contributed by atoms with Crippen LogP contribution in [-0.4, -0.2) is 53.7 Å². The number of ketones is 1. The van der Waals surface area contributed by atoms with E-state index in [1.165, 1.54) is 12.8 Å². The van der Waals surface area contributed by atoms with Crippen molar-refractivity contribution in [1.82, 2.24) is 9.80 Å². The Morgan fingerprint density at radius 2 is 1.64 bits per heavy atom. The van der Waals surface area contributed by atoms with Crippen molar-refractivity contribution in [3.63, 3.8) is 0 Å². The number of nitrogens with zero attached hydrogens (tertiary/aromatic N) is 2. The van der Waals surface area contributed by atoms with E-state index in [-0.39, 0.29) is 28.9 Å². The molecule has 1 aliphatic heterocycles. The number of rotatable bonds is 5. The SMILES string of the molecule is CC(C)N1CCC[C@H]1CN(C)C(=O)[C@H]1CCCC[C@H]1C(=O)C(C)(C)C. The van der Waals surface area contributed by atoms with Gasteiger partial charge in [0.05, 0.1) is 0 Å². The summed E-state index contributed by atoms with van der Waals surface area (Å²) in [4.78, 5) is 30.5. The summed E-state index contributed by atoms with van der Waals surface area (Å²) in [6.07, 6.45) is 6.28. The molecule has 2 aliphatic rings. The normalized spacial score (nSPS) is 28.4. The van der Waals surface area contributed by atoms with Crippen molar-refractivity contribution in [3.8, 4) is 0 Å². The highest BCUT2D eigenvalue weighted by Crippen LogP contribution is 2.36. The highest BCUT2D eigenvalue weighted by Gasteiger charge is 2.41. The fraction of sp³-hybridized carbons (Fsp3) is 0.905. The fourth-order valence-corrected chi connectivity index (χ4v) is 4.72. The van der Waals surface area contributed by atoms with E-state index in [0.717, 1.165) is 38.8 Å². The third kappa shape index (κ3) is 4.84. The lowest BCUT2D eigenvalue weighted by molar-refractivity contribution is -0.145. The lowest BCUT2D eigenvalue weighted by Gasteiger charge is -2.37. The van der Waals surface area contributed by atoms with Crippen LogP contribution in [0.2, 0.25) is 0 Å². The van der Waals surface area contributed by atoms with Gasteiger partial charge in [-0.15, -0.1) is 0 Å². The summed E-state index contributed by atoms with van der Waals surface area (Å²) < 4.78 is 0. The molecule has 0 N–H and O–H groups in total. The van der Waals surface area contributed by atoms with Gasteiger partial charge in [-0.05, 0) is 46.1 Å². The van der Waals surface area contributed by atoms with Crippen molar-refractivity contribution in [2.24, 2.45) is 17.3 Å². The van der Waals surface area contributed by atoms with E-state index in [1.54, 1.807) is 0 Å². The summed E-state index contributed by atoms with van der Waals surface area (Å²) >= 11 is 0. The topological polar surface area (TPSA) is 40.6 Å². The minimum Gasteiger partial charge on any atom is -0.344 e. The van der Waals surface area contributed by atoms with Gasteiger partial charge in [-0.1, -0.05) is 33.6 Å². The van der Waals surface area contributed by atoms with E-state index in [2.05, 4.69) is 18.7 Å². The second kappa shape index (κ2) is 8.20. The number of hydrogen-bond acceptors (Lipinski definition) is 3. The second-order valence-corrected chi connectivity index (χ2v) is 9.46. The largest absolute Gasteiger partial charge is 0.344 e. The van der Waals surface area contributed by atoms with E-state index in [4.69, 9.17) is 0 Å². The molecule has 0 spiro atoms. The summed E-state index contributed by atoms with van der Waals surface area (Å²) in [5.41, 5.74) is -0.362. The Balaban J connectivity index is 2.04. The lowest BCUT2D eigenvalue weighted by Crippen LogP contribution is -2.48. The quantitative estimate of drug-likeness (QED) is 0.758. The van der Waals surface area contributed by atoms with Crippen molar-refractivity contribution in [2.45, 2.75) is 85.2 Å². The Morgan fingerprint density at radius 1 is 1.04 bits per heavy atom. The molecular weight excluding hydrogens is 312 g/mol. The van der Waals surface area contributed by atoms with Gasteiger partial charge in [0.15, 0.2) is 0 Å². The molecule has 0 radical (unpaired) electrons. The van der Waals surface area contributed by atoms with Crippen LogP contribution in [0.1, 0.15) is 73.1 Å². The molecule has 4 nitrogen and oxygen atoms in total. The van der Waals surface area contributed by atoms with Gasteiger partial charge in [0.2, 0.25) is 5.91 Å². The zero-order chi connectivity index (χ0) is 18.8. The Morgan fingerprint density at radius 3 is 2.20 bits per heavy atom. The molecule has 0 bridgehead atoms. The van der Waals surface area contributed by atoms with Crippen LogP contribution in [-0.2, 0) is 9.59 Å². The first kappa shape index (κ1) is 20.4. The molecule has 144 valence electrons. The minimum atomic E-state index is -0.362. The molecule has 1 heterocycles. The number of amides is 1. The standard InChI is InChI=1S/C21H38N2O2/c1-15(2)23-13-9-10-16(23)14-22(6)20(25)18-12-8-7-11-17(18)19(24)21(3,4)5/h15-18H,7-14H2,1-6H3/t16-,17+,18-/m0/s1. The van der Waals surface area contributed by atoms with E-state index in [1.807, 2.05) is 32.7 Å². The first-order valence-electron chi connectivity index (χ1n) is 10.2. The maximum absolute atomic E-state index is 13.2. The predicted molar refractivity (Wildman–Crippen MR) is 102 cm³/mol. The monoisotopic (exact) mass is 350 g/mol. The molecule has 1 saturated heterocycles. The van der Waals surface area contributed by atoms with E-state index in [0.29, 0.717) is 12.1 Å². The first-order valence-corrected chi connectivity index (χ1v) is 10.2. The third-order valence-corrected chi connectivity index (χ3v) is 6.11. The van der Waals surface area contributed by atoms with Crippen LogP contribution in [0.5, 0.6) is 0 Å². The van der Waals surface area contributed by atoms with Crippen LogP contribution in [0.25, 0.3) is 0 Å². The molecule has 0 unspecified atom stereocenters. The molecule has 2 rings (SSSR count). The van der Waals surface area contributed by atoms with Crippen LogP contribution in [0.3, 0.4) is 0 Å². The fourth-order valence-electron chi connectivity index (χ4n) is 4.72. The predicted octanol–water partition coefficient (Wildman–Crippen LogP) is 3.74. The van der Waals surface area contributed by atoms with E-state index in [9.17, 15) is 9.59 Å². The zero-order valence-electron chi connectivity index (χ0n) is 17.2. The van der Waals surface area contributed by atoms with Crippen molar-refractivity contribution in [2.75, 3.05) is 20.1 Å². The molecule has 1 saturated carbocycles.